The predicted octanol–water partition coefficient (Wildman–Crippen LogP) is 0.931. The molecule has 128 valence electrons. The van der Waals surface area contributed by atoms with Gasteiger partial charge in [0.15, 0.2) is 0 Å². The van der Waals surface area contributed by atoms with Crippen LogP contribution >= 0.6 is 7.44 Å². The summed E-state index contributed by atoms with van der Waals surface area (Å²) in [4.78, 5) is 1.87. The molecule has 8 nitrogen and oxygen atoms in total. The van der Waals surface area contributed by atoms with E-state index < -0.39 is 7.44 Å². The summed E-state index contributed by atoms with van der Waals surface area (Å²) in [5, 5.41) is 13.1. The minimum atomic E-state index is -3.14. The van der Waals surface area contributed by atoms with Gasteiger partial charge in [0, 0.05) is 39.3 Å². The molecule has 2 rings (SSSR count). The molecule has 22 heavy (non-hydrogen) atoms. The van der Waals surface area contributed by atoms with Crippen molar-refractivity contribution in [3.05, 3.63) is 0 Å². The lowest BCUT2D eigenvalue weighted by molar-refractivity contribution is 0.0537. The van der Waals surface area contributed by atoms with E-state index in [1.165, 1.54) is 0 Å². The monoisotopic (exact) mass is 334 g/mol. The Balaban J connectivity index is 2.36. The Morgan fingerprint density at radius 1 is 1.05 bits per heavy atom. The van der Waals surface area contributed by atoms with Crippen LogP contribution in [0.3, 0.4) is 0 Å². The van der Waals surface area contributed by atoms with Crippen molar-refractivity contribution >= 4 is 13.0 Å². The fourth-order valence-electron chi connectivity index (χ4n) is 2.89. The molecule has 0 aliphatic carbocycles. The molecule has 0 aromatic rings. The lowest BCUT2D eigenvalue weighted by Crippen LogP contribution is -2.48. The molecular formula is C13H27N4O4P. The van der Waals surface area contributed by atoms with Gasteiger partial charge in [-0.25, -0.2) is 9.34 Å². The molecule has 9 heteroatoms. The molecule has 2 aliphatic heterocycles. The normalized spacial score (nSPS) is 22.7. The smallest absolute Gasteiger partial charge is 0.283 e. The van der Waals surface area contributed by atoms with Crippen LogP contribution in [0.25, 0.3) is 0 Å². The van der Waals surface area contributed by atoms with Gasteiger partial charge in [0.1, 0.15) is 0 Å². The van der Waals surface area contributed by atoms with Crippen molar-refractivity contribution in [1.29, 1.82) is 0 Å². The van der Waals surface area contributed by atoms with Crippen LogP contribution in [-0.2, 0) is 14.0 Å². The van der Waals surface area contributed by atoms with Gasteiger partial charge in [0.25, 0.3) is 7.44 Å². The van der Waals surface area contributed by atoms with Crippen molar-refractivity contribution in [3.63, 3.8) is 0 Å². The number of oxime groups is 1. The molecule has 0 spiro atoms. The Labute approximate surface area is 132 Å². The van der Waals surface area contributed by atoms with Crippen molar-refractivity contribution < 1.29 is 19.2 Å². The summed E-state index contributed by atoms with van der Waals surface area (Å²) >= 11 is 0. The molecule has 0 bridgehead atoms. The van der Waals surface area contributed by atoms with Crippen molar-refractivity contribution in [2.24, 2.45) is 5.16 Å². The molecule has 0 amide bonds. The molecule has 2 aliphatic rings. The topological polar surface area (TPSA) is 77.8 Å². The fraction of sp³-hybridized carbons (Fsp3) is 0.923. The van der Waals surface area contributed by atoms with Gasteiger partial charge < -0.3 is 19.6 Å². The van der Waals surface area contributed by atoms with Crippen LogP contribution in [0.5, 0.6) is 0 Å². The highest BCUT2D eigenvalue weighted by atomic mass is 31.2. The van der Waals surface area contributed by atoms with Crippen LogP contribution < -0.4 is 0 Å². The summed E-state index contributed by atoms with van der Waals surface area (Å²) in [7, 11) is -3.14. The lowest BCUT2D eigenvalue weighted by Gasteiger charge is -2.43. The quantitative estimate of drug-likeness (QED) is 0.263. The van der Waals surface area contributed by atoms with Crippen LogP contribution in [-0.4, -0.2) is 90.7 Å². The number of nitrogens with zero attached hydrogens (tertiary/aromatic N) is 4. The van der Waals surface area contributed by atoms with E-state index in [4.69, 9.17) is 9.47 Å². The summed E-state index contributed by atoms with van der Waals surface area (Å²) < 4.78 is 28.6. The molecule has 0 unspecified atom stereocenters. The third-order valence-corrected chi connectivity index (χ3v) is 7.36. The minimum Gasteiger partial charge on any atom is -0.409 e. The van der Waals surface area contributed by atoms with Gasteiger partial charge in [-0.15, -0.1) is 0 Å². The maximum atomic E-state index is 14.0. The molecule has 0 aromatic carbocycles. The van der Waals surface area contributed by atoms with Crippen molar-refractivity contribution in [2.75, 3.05) is 65.7 Å². The maximum absolute atomic E-state index is 14.0. The van der Waals surface area contributed by atoms with E-state index in [-0.39, 0.29) is 5.58 Å². The summed E-state index contributed by atoms with van der Waals surface area (Å²) in [6.45, 7) is 9.74. The maximum Gasteiger partial charge on any atom is 0.283 e. The number of hydrogen-bond acceptors (Lipinski definition) is 5. The number of hydrogen-bond donors (Lipinski definition) is 1. The van der Waals surface area contributed by atoms with E-state index in [0.717, 1.165) is 0 Å². The zero-order valence-electron chi connectivity index (χ0n) is 13.5. The van der Waals surface area contributed by atoms with Crippen molar-refractivity contribution in [1.82, 2.24) is 14.2 Å². The standard InChI is InChI=1S/C13H27N4O4P/c1-3-15(4-2)13(14-18)22(19,16-5-9-20-10-6-16)17-7-11-21-12-8-17/h18H,3-12H2,1-2H3/b14-13+. The highest BCUT2D eigenvalue weighted by Gasteiger charge is 2.45. The highest BCUT2D eigenvalue weighted by molar-refractivity contribution is 7.76. The molecule has 0 atom stereocenters. The SMILES string of the molecule is CCN(CC)/C(=N\O)P(=O)(N1CCOCC1)N1CCOCC1. The first-order chi connectivity index (χ1) is 10.7. The Morgan fingerprint density at radius 3 is 1.77 bits per heavy atom. The second kappa shape index (κ2) is 8.26. The van der Waals surface area contributed by atoms with E-state index in [1.807, 2.05) is 28.1 Å². The Kier molecular flexibility index (Phi) is 6.65. The number of ether oxygens (including phenoxy) is 2. The lowest BCUT2D eigenvalue weighted by atomic mass is 10.5. The van der Waals surface area contributed by atoms with Crippen LogP contribution in [0.4, 0.5) is 0 Å². The van der Waals surface area contributed by atoms with E-state index in [2.05, 4.69) is 5.16 Å². The van der Waals surface area contributed by atoms with Crippen LogP contribution in [0.15, 0.2) is 5.16 Å². The van der Waals surface area contributed by atoms with Gasteiger partial charge in [-0.05, 0) is 13.8 Å². The van der Waals surface area contributed by atoms with Crippen molar-refractivity contribution in [3.8, 4) is 0 Å². The van der Waals surface area contributed by atoms with Gasteiger partial charge in [-0.1, -0.05) is 5.16 Å². The molecule has 2 saturated heterocycles. The Morgan fingerprint density at radius 2 is 1.45 bits per heavy atom. The van der Waals surface area contributed by atoms with Gasteiger partial charge in [0.2, 0.25) is 5.58 Å². The number of rotatable bonds is 5. The van der Waals surface area contributed by atoms with E-state index in [1.54, 1.807) is 0 Å². The fourth-order valence-corrected chi connectivity index (χ4v) is 5.94. The zero-order valence-corrected chi connectivity index (χ0v) is 14.4. The largest absolute Gasteiger partial charge is 0.409 e. The summed E-state index contributed by atoms with van der Waals surface area (Å²) in [5.74, 6) is 0. The van der Waals surface area contributed by atoms with Gasteiger partial charge >= 0.3 is 0 Å². The zero-order chi connectivity index (χ0) is 16.0. The average molecular weight is 334 g/mol. The predicted molar refractivity (Wildman–Crippen MR) is 84.5 cm³/mol. The molecule has 0 saturated carbocycles. The molecule has 2 fully saturated rings. The third kappa shape index (κ3) is 3.46. The van der Waals surface area contributed by atoms with Crippen LogP contribution in [0.1, 0.15) is 13.8 Å². The van der Waals surface area contributed by atoms with Crippen molar-refractivity contribution in [2.45, 2.75) is 13.8 Å². The number of morpholine rings is 2. The van der Waals surface area contributed by atoms with Gasteiger partial charge in [0.05, 0.1) is 26.4 Å². The first kappa shape index (κ1) is 17.7. The van der Waals surface area contributed by atoms with Gasteiger partial charge in [-0.2, -0.15) is 0 Å². The Hall–Kier alpha value is -0.660. The summed E-state index contributed by atoms with van der Waals surface area (Å²) in [5.41, 5.74) is 0.279. The first-order valence-corrected chi connectivity index (χ1v) is 9.53. The average Bonchev–Trinajstić information content (AvgIpc) is 2.60. The molecule has 0 radical (unpaired) electrons. The molecule has 0 aromatic heterocycles. The molecule has 1 N–H and O–H groups in total. The second-order valence-electron chi connectivity index (χ2n) is 5.25. The van der Waals surface area contributed by atoms with Crippen LogP contribution in [0, 0.1) is 0 Å². The third-order valence-electron chi connectivity index (χ3n) is 4.14. The number of amidine groups is 1. The molecule has 2 heterocycles. The van der Waals surface area contributed by atoms with E-state index in [0.29, 0.717) is 65.7 Å². The van der Waals surface area contributed by atoms with E-state index >= 15 is 0 Å². The van der Waals surface area contributed by atoms with Crippen LogP contribution in [0.2, 0.25) is 0 Å². The minimum absolute atomic E-state index is 0.279. The Bertz CT molecular complexity index is 396. The second-order valence-corrected chi connectivity index (χ2v) is 7.87. The van der Waals surface area contributed by atoms with E-state index in [9.17, 15) is 9.77 Å². The highest BCUT2D eigenvalue weighted by Crippen LogP contribution is 2.55. The molecular weight excluding hydrogens is 307 g/mol. The summed E-state index contributed by atoms with van der Waals surface area (Å²) in [6, 6.07) is 0. The summed E-state index contributed by atoms with van der Waals surface area (Å²) in [6.07, 6.45) is 0. The van der Waals surface area contributed by atoms with Gasteiger partial charge in [-0.3, -0.25) is 4.57 Å². The first-order valence-electron chi connectivity index (χ1n) is 7.92.